The molecule has 1 atom stereocenters. The molecule has 78 valence electrons. The topological polar surface area (TPSA) is 23.5 Å². The van der Waals surface area contributed by atoms with Crippen LogP contribution in [0.25, 0.3) is 0 Å². The van der Waals surface area contributed by atoms with E-state index in [4.69, 9.17) is 0 Å². The summed E-state index contributed by atoms with van der Waals surface area (Å²) in [5.74, 6) is 6.16. The summed E-state index contributed by atoms with van der Waals surface area (Å²) in [6.07, 6.45) is 5.99. The van der Waals surface area contributed by atoms with Gasteiger partial charge in [0.2, 0.25) is 0 Å². The highest BCUT2D eigenvalue weighted by atomic mass is 16.3. The van der Waals surface area contributed by atoms with E-state index in [1.54, 1.807) is 0 Å². The van der Waals surface area contributed by atoms with Gasteiger partial charge in [-0.25, -0.2) is 0 Å². The molecule has 1 unspecified atom stereocenters. The van der Waals surface area contributed by atoms with Crippen LogP contribution in [-0.2, 0) is 0 Å². The van der Waals surface area contributed by atoms with Crippen LogP contribution < -0.4 is 0 Å². The van der Waals surface area contributed by atoms with Gasteiger partial charge in [0.15, 0.2) is 0 Å². The molecule has 2 nitrogen and oxygen atoms in total. The van der Waals surface area contributed by atoms with Gasteiger partial charge in [-0.05, 0) is 38.9 Å². The Morgan fingerprint density at radius 1 is 1.57 bits per heavy atom. The maximum Gasteiger partial charge on any atom is 0.0776 e. The summed E-state index contributed by atoms with van der Waals surface area (Å²) in [4.78, 5) is 1.97. The molecule has 0 saturated heterocycles. The lowest BCUT2D eigenvalue weighted by molar-refractivity contribution is 0.141. The molecular weight excluding hydrogens is 174 g/mol. The van der Waals surface area contributed by atoms with Gasteiger partial charge in [-0.15, -0.1) is 0 Å². The van der Waals surface area contributed by atoms with E-state index in [1.165, 1.54) is 18.4 Å². The summed E-state index contributed by atoms with van der Waals surface area (Å²) in [5.41, 5.74) is 1.25. The Balaban J connectivity index is 2.24. The van der Waals surface area contributed by atoms with Crippen LogP contribution >= 0.6 is 0 Å². The Kier molecular flexibility index (Phi) is 4.72. The minimum Gasteiger partial charge on any atom is -0.391 e. The third kappa shape index (κ3) is 4.45. The fraction of sp³-hybridized carbons (Fsp3) is 0.667. The third-order valence-corrected chi connectivity index (χ3v) is 2.20. The molecule has 14 heavy (non-hydrogen) atoms. The van der Waals surface area contributed by atoms with Gasteiger partial charge >= 0.3 is 0 Å². The van der Waals surface area contributed by atoms with Gasteiger partial charge in [0, 0.05) is 13.0 Å². The van der Waals surface area contributed by atoms with Crippen LogP contribution in [0, 0.1) is 11.8 Å². The number of likely N-dealkylation sites (N-methyl/N-ethyl adjacent to an activating group) is 1. The van der Waals surface area contributed by atoms with Crippen LogP contribution in [0.1, 0.15) is 25.7 Å². The molecule has 0 heterocycles. The van der Waals surface area contributed by atoms with E-state index < -0.39 is 0 Å². The lowest BCUT2D eigenvalue weighted by Crippen LogP contribution is -2.25. The van der Waals surface area contributed by atoms with Crippen LogP contribution in [-0.4, -0.2) is 36.8 Å². The highest BCUT2D eigenvalue weighted by molar-refractivity contribution is 5.30. The highest BCUT2D eigenvalue weighted by Gasteiger charge is 2.03. The Bertz CT molecular complexity index is 257. The molecule has 0 radical (unpaired) electrons. The van der Waals surface area contributed by atoms with Gasteiger partial charge in [-0.2, -0.15) is 0 Å². The van der Waals surface area contributed by atoms with Crippen molar-refractivity contribution in [2.75, 3.05) is 20.6 Å². The SMILES string of the molecule is CN(C)CC(O)CC#CC1=CCCC1. The minimum atomic E-state index is -0.320. The second kappa shape index (κ2) is 5.85. The molecule has 1 aliphatic rings. The summed E-state index contributed by atoms with van der Waals surface area (Å²) >= 11 is 0. The number of nitrogens with zero attached hydrogens (tertiary/aromatic N) is 1. The van der Waals surface area contributed by atoms with Crippen molar-refractivity contribution in [3.05, 3.63) is 11.6 Å². The molecule has 0 aromatic rings. The summed E-state index contributed by atoms with van der Waals surface area (Å²) in [6, 6.07) is 0. The first-order chi connectivity index (χ1) is 6.68. The number of hydrogen-bond acceptors (Lipinski definition) is 2. The largest absolute Gasteiger partial charge is 0.391 e. The summed E-state index contributed by atoms with van der Waals surface area (Å²) in [5, 5.41) is 9.53. The Morgan fingerprint density at radius 2 is 2.36 bits per heavy atom. The van der Waals surface area contributed by atoms with Crippen LogP contribution in [0.2, 0.25) is 0 Å². The smallest absolute Gasteiger partial charge is 0.0776 e. The van der Waals surface area contributed by atoms with E-state index in [0.29, 0.717) is 13.0 Å². The molecule has 0 saturated carbocycles. The van der Waals surface area contributed by atoms with E-state index in [0.717, 1.165) is 6.42 Å². The van der Waals surface area contributed by atoms with Gasteiger partial charge in [-0.1, -0.05) is 17.9 Å². The predicted octanol–water partition coefficient (Wildman–Crippen LogP) is 1.41. The van der Waals surface area contributed by atoms with Crippen LogP contribution in [0.5, 0.6) is 0 Å². The summed E-state index contributed by atoms with van der Waals surface area (Å²) < 4.78 is 0. The molecule has 1 rings (SSSR count). The first-order valence-corrected chi connectivity index (χ1v) is 5.19. The molecule has 0 bridgehead atoms. The van der Waals surface area contributed by atoms with E-state index in [9.17, 15) is 5.11 Å². The van der Waals surface area contributed by atoms with Gasteiger partial charge < -0.3 is 10.0 Å². The van der Waals surface area contributed by atoms with E-state index in [1.807, 2.05) is 19.0 Å². The fourth-order valence-electron chi connectivity index (χ4n) is 1.55. The van der Waals surface area contributed by atoms with Crippen molar-refractivity contribution in [3.8, 4) is 11.8 Å². The summed E-state index contributed by atoms with van der Waals surface area (Å²) in [7, 11) is 3.91. The molecule has 0 aliphatic heterocycles. The average Bonchev–Trinajstić information content (AvgIpc) is 2.55. The standard InChI is InChI=1S/C12H19NO/c1-13(2)10-12(14)9-5-8-11-6-3-4-7-11/h6,12,14H,3-4,7,9-10H2,1-2H3. The predicted molar refractivity (Wildman–Crippen MR) is 58.9 cm³/mol. The van der Waals surface area contributed by atoms with Crippen molar-refractivity contribution in [2.45, 2.75) is 31.8 Å². The molecule has 1 aliphatic carbocycles. The first kappa shape index (κ1) is 11.3. The second-order valence-corrected chi connectivity index (χ2v) is 4.04. The molecule has 0 spiro atoms. The number of hydrogen-bond donors (Lipinski definition) is 1. The number of aliphatic hydroxyl groups is 1. The third-order valence-electron chi connectivity index (χ3n) is 2.20. The normalized spacial score (nSPS) is 17.6. The van der Waals surface area contributed by atoms with Gasteiger partial charge in [0.05, 0.1) is 6.10 Å². The quantitative estimate of drug-likeness (QED) is 0.685. The monoisotopic (exact) mass is 193 g/mol. The zero-order valence-corrected chi connectivity index (χ0v) is 9.08. The van der Waals surface area contributed by atoms with Crippen molar-refractivity contribution >= 4 is 0 Å². The molecule has 0 aromatic heterocycles. The Labute approximate surface area is 86.6 Å². The molecule has 0 aromatic carbocycles. The molecule has 2 heteroatoms. The maximum absolute atomic E-state index is 9.53. The van der Waals surface area contributed by atoms with Crippen LogP contribution in [0.4, 0.5) is 0 Å². The zero-order chi connectivity index (χ0) is 10.4. The van der Waals surface area contributed by atoms with Crippen molar-refractivity contribution in [2.24, 2.45) is 0 Å². The molecule has 0 amide bonds. The minimum absolute atomic E-state index is 0.320. The molecule has 1 N–H and O–H groups in total. The highest BCUT2D eigenvalue weighted by Crippen LogP contribution is 2.16. The number of allylic oxidation sites excluding steroid dienone is 2. The fourth-order valence-corrected chi connectivity index (χ4v) is 1.55. The average molecular weight is 193 g/mol. The summed E-state index contributed by atoms with van der Waals surface area (Å²) in [6.45, 7) is 0.688. The lowest BCUT2D eigenvalue weighted by Gasteiger charge is -2.12. The molecule has 0 fully saturated rings. The van der Waals surface area contributed by atoms with Gasteiger partial charge in [0.1, 0.15) is 0 Å². The number of aliphatic hydroxyl groups excluding tert-OH is 1. The Morgan fingerprint density at radius 3 is 2.93 bits per heavy atom. The first-order valence-electron chi connectivity index (χ1n) is 5.19. The van der Waals surface area contributed by atoms with Crippen molar-refractivity contribution < 1.29 is 5.11 Å². The van der Waals surface area contributed by atoms with E-state index in [2.05, 4.69) is 17.9 Å². The van der Waals surface area contributed by atoms with Crippen molar-refractivity contribution in [1.29, 1.82) is 0 Å². The van der Waals surface area contributed by atoms with E-state index in [-0.39, 0.29) is 6.10 Å². The van der Waals surface area contributed by atoms with Crippen molar-refractivity contribution in [1.82, 2.24) is 4.90 Å². The van der Waals surface area contributed by atoms with Crippen LogP contribution in [0.3, 0.4) is 0 Å². The maximum atomic E-state index is 9.53. The zero-order valence-electron chi connectivity index (χ0n) is 9.08. The molecular formula is C12H19NO. The lowest BCUT2D eigenvalue weighted by atomic mass is 10.2. The van der Waals surface area contributed by atoms with E-state index >= 15 is 0 Å². The van der Waals surface area contributed by atoms with Crippen molar-refractivity contribution in [3.63, 3.8) is 0 Å². The Hall–Kier alpha value is -0.780. The number of rotatable bonds is 3. The van der Waals surface area contributed by atoms with Gasteiger partial charge in [-0.3, -0.25) is 0 Å². The second-order valence-electron chi connectivity index (χ2n) is 4.04. The van der Waals surface area contributed by atoms with Gasteiger partial charge in [0.25, 0.3) is 0 Å². The van der Waals surface area contributed by atoms with Crippen LogP contribution in [0.15, 0.2) is 11.6 Å².